The summed E-state index contributed by atoms with van der Waals surface area (Å²) in [4.78, 5) is 25.7. The minimum atomic E-state index is -0.336. The molecule has 2 aromatic rings. The van der Waals surface area contributed by atoms with Crippen LogP contribution in [0.3, 0.4) is 0 Å². The van der Waals surface area contributed by atoms with Crippen LogP contribution in [-0.4, -0.2) is 17.3 Å². The number of non-ortho nitro benzene ring substituents is 1. The quantitative estimate of drug-likeness (QED) is 0.281. The number of allylic oxidation sites excluding steroid dienone is 4. The molecule has 0 saturated carbocycles. The van der Waals surface area contributed by atoms with Gasteiger partial charge in [-0.05, 0) is 60.4 Å². The number of rotatable bonds is 3. The van der Waals surface area contributed by atoms with Crippen LogP contribution in [0.1, 0.15) is 64.7 Å². The molecule has 2 aromatic carbocycles. The molecule has 0 spiro atoms. The molecule has 0 N–H and O–H groups in total. The molecule has 2 aliphatic heterocycles. The number of Topliss-reactive ketones (excluding diaryl/α,β-unsaturated/α-hetero) is 1. The number of fused-ring (bicyclic) bond motifs is 4. The van der Waals surface area contributed by atoms with E-state index in [9.17, 15) is 14.9 Å². The molecule has 5 unspecified atom stereocenters. The summed E-state index contributed by atoms with van der Waals surface area (Å²) in [5, 5.41) is 11.2. The predicted octanol–water partition coefficient (Wildman–Crippen LogP) is 5.69. The second-order valence-corrected chi connectivity index (χ2v) is 9.31. The molecule has 5 heteroatoms. The van der Waals surface area contributed by atoms with Crippen molar-refractivity contribution in [3.63, 3.8) is 0 Å². The number of nitrogens with zero attached hydrogens (tertiary/aromatic N) is 2. The van der Waals surface area contributed by atoms with Gasteiger partial charge in [-0.25, -0.2) is 0 Å². The standard InChI is InChI=1S/C26H24N2O3/c1-15(29)18-12-23-20-5-2-4-17(20)14-27-25(16-8-10-19(11-9-16)28(30)31)22-7-3-6-21(22)24(13-18)26(23)27/h2-3,5-6,8-13,17,20-22,25H,4,7,14H2,1H3. The Morgan fingerprint density at radius 1 is 1.03 bits per heavy atom. The lowest BCUT2D eigenvalue weighted by Crippen LogP contribution is -2.46. The van der Waals surface area contributed by atoms with E-state index in [4.69, 9.17) is 0 Å². The highest BCUT2D eigenvalue weighted by atomic mass is 16.6. The first-order valence-electron chi connectivity index (χ1n) is 11.1. The van der Waals surface area contributed by atoms with E-state index in [-0.39, 0.29) is 28.4 Å². The van der Waals surface area contributed by atoms with E-state index in [0.29, 0.717) is 17.8 Å². The van der Waals surface area contributed by atoms with Gasteiger partial charge >= 0.3 is 0 Å². The lowest BCUT2D eigenvalue weighted by Gasteiger charge is -2.51. The zero-order valence-electron chi connectivity index (χ0n) is 17.4. The molecule has 6 rings (SSSR count). The lowest BCUT2D eigenvalue weighted by molar-refractivity contribution is -0.384. The van der Waals surface area contributed by atoms with Gasteiger partial charge in [0.25, 0.3) is 5.69 Å². The largest absolute Gasteiger partial charge is 0.363 e. The Morgan fingerprint density at radius 3 is 2.42 bits per heavy atom. The minimum absolute atomic E-state index is 0.116. The molecule has 4 aliphatic rings. The summed E-state index contributed by atoms with van der Waals surface area (Å²) >= 11 is 0. The van der Waals surface area contributed by atoms with Crippen LogP contribution < -0.4 is 4.90 Å². The number of carbonyl (C=O) groups excluding carboxylic acids is 1. The number of carbonyl (C=O) groups is 1. The van der Waals surface area contributed by atoms with Crippen molar-refractivity contribution >= 4 is 17.2 Å². The van der Waals surface area contributed by atoms with Crippen molar-refractivity contribution in [3.8, 4) is 0 Å². The van der Waals surface area contributed by atoms with Crippen molar-refractivity contribution in [2.75, 3.05) is 11.4 Å². The van der Waals surface area contributed by atoms with Gasteiger partial charge < -0.3 is 4.90 Å². The molecule has 156 valence electrons. The smallest absolute Gasteiger partial charge is 0.269 e. The highest BCUT2D eigenvalue weighted by molar-refractivity contribution is 5.95. The number of hydrogen-bond acceptors (Lipinski definition) is 4. The van der Waals surface area contributed by atoms with Gasteiger partial charge in [-0.15, -0.1) is 0 Å². The number of nitro groups is 1. The van der Waals surface area contributed by atoms with Crippen molar-refractivity contribution in [1.29, 1.82) is 0 Å². The maximum atomic E-state index is 12.4. The Labute approximate surface area is 181 Å². The second kappa shape index (κ2) is 6.64. The molecule has 2 aliphatic carbocycles. The second-order valence-electron chi connectivity index (χ2n) is 9.31. The summed E-state index contributed by atoms with van der Waals surface area (Å²) < 4.78 is 0. The van der Waals surface area contributed by atoms with Gasteiger partial charge in [0, 0.05) is 41.8 Å². The SMILES string of the molecule is CC(=O)c1cc2c3c(c1)C1C=CCC1C(c1ccc([N+](=O)[O-])cc1)N3CC1CC=CC21. The Kier molecular flexibility index (Phi) is 3.98. The van der Waals surface area contributed by atoms with Crippen LogP contribution in [0.25, 0.3) is 0 Å². The third kappa shape index (κ3) is 2.65. The molecule has 5 nitrogen and oxygen atoms in total. The molecule has 0 aromatic heterocycles. The lowest BCUT2D eigenvalue weighted by atomic mass is 9.70. The molecule has 2 heterocycles. The Hall–Kier alpha value is -3.21. The third-order valence-electron chi connectivity index (χ3n) is 7.70. The highest BCUT2D eigenvalue weighted by Gasteiger charge is 2.47. The molecule has 0 radical (unpaired) electrons. The topological polar surface area (TPSA) is 63.4 Å². The Morgan fingerprint density at radius 2 is 1.71 bits per heavy atom. The van der Waals surface area contributed by atoms with E-state index >= 15 is 0 Å². The zero-order valence-corrected chi connectivity index (χ0v) is 17.4. The van der Waals surface area contributed by atoms with Crippen molar-refractivity contribution in [2.45, 2.75) is 37.6 Å². The number of ketones is 1. The summed E-state index contributed by atoms with van der Waals surface area (Å²) in [7, 11) is 0. The summed E-state index contributed by atoms with van der Waals surface area (Å²) in [6.45, 7) is 2.63. The van der Waals surface area contributed by atoms with Crippen LogP contribution in [0.15, 0.2) is 60.7 Å². The highest BCUT2D eigenvalue weighted by Crippen LogP contribution is 2.59. The molecule has 0 bridgehead atoms. The monoisotopic (exact) mass is 412 g/mol. The molecular weight excluding hydrogens is 388 g/mol. The van der Waals surface area contributed by atoms with Crippen molar-refractivity contribution in [1.82, 2.24) is 0 Å². The van der Waals surface area contributed by atoms with Crippen LogP contribution in [0.2, 0.25) is 0 Å². The Balaban J connectivity index is 1.55. The molecule has 31 heavy (non-hydrogen) atoms. The predicted molar refractivity (Wildman–Crippen MR) is 120 cm³/mol. The van der Waals surface area contributed by atoms with Gasteiger partial charge in [0.1, 0.15) is 0 Å². The van der Waals surface area contributed by atoms with Crippen LogP contribution in [0, 0.1) is 22.0 Å². The fraction of sp³-hybridized carbons (Fsp3) is 0.346. The maximum Gasteiger partial charge on any atom is 0.269 e. The fourth-order valence-electron chi connectivity index (χ4n) is 6.35. The summed E-state index contributed by atoms with van der Waals surface area (Å²) in [6, 6.07) is 11.5. The van der Waals surface area contributed by atoms with E-state index in [1.807, 2.05) is 12.1 Å². The average Bonchev–Trinajstić information content (AvgIpc) is 3.43. The number of anilines is 1. The number of hydrogen-bond donors (Lipinski definition) is 0. The van der Waals surface area contributed by atoms with Crippen LogP contribution in [0.5, 0.6) is 0 Å². The number of nitro benzene ring substituents is 1. The van der Waals surface area contributed by atoms with Crippen molar-refractivity contribution < 1.29 is 9.72 Å². The first kappa shape index (κ1) is 18.6. The summed E-state index contributed by atoms with van der Waals surface area (Å²) in [5.41, 5.74) is 5.92. The fourth-order valence-corrected chi connectivity index (χ4v) is 6.35. The molecular formula is C26H24N2O3. The van der Waals surface area contributed by atoms with E-state index in [2.05, 4.69) is 41.3 Å². The van der Waals surface area contributed by atoms with Gasteiger partial charge in [0.05, 0.1) is 11.0 Å². The zero-order chi connectivity index (χ0) is 21.3. The van der Waals surface area contributed by atoms with E-state index in [0.717, 1.165) is 30.5 Å². The molecule has 0 amide bonds. The molecule has 5 atom stereocenters. The van der Waals surface area contributed by atoms with Gasteiger partial charge in [-0.2, -0.15) is 0 Å². The van der Waals surface area contributed by atoms with E-state index in [1.165, 1.54) is 16.8 Å². The van der Waals surface area contributed by atoms with Gasteiger partial charge in [0.15, 0.2) is 5.78 Å². The van der Waals surface area contributed by atoms with Crippen LogP contribution in [-0.2, 0) is 0 Å². The van der Waals surface area contributed by atoms with Gasteiger partial charge in [-0.1, -0.05) is 36.4 Å². The third-order valence-corrected chi connectivity index (χ3v) is 7.70. The molecule has 0 saturated heterocycles. The number of benzene rings is 2. The van der Waals surface area contributed by atoms with Gasteiger partial charge in [-0.3, -0.25) is 14.9 Å². The first-order valence-corrected chi connectivity index (χ1v) is 11.1. The Bertz CT molecular complexity index is 1150. The summed E-state index contributed by atoms with van der Waals surface area (Å²) in [6.07, 6.45) is 11.2. The van der Waals surface area contributed by atoms with Crippen molar-refractivity contribution in [3.05, 3.63) is 93.1 Å². The average molecular weight is 412 g/mol. The first-order chi connectivity index (χ1) is 15.0. The van der Waals surface area contributed by atoms with Crippen LogP contribution in [0.4, 0.5) is 11.4 Å². The normalized spacial score (nSPS) is 29.5. The van der Waals surface area contributed by atoms with Crippen molar-refractivity contribution in [2.24, 2.45) is 11.8 Å². The maximum absolute atomic E-state index is 12.4. The molecule has 0 fully saturated rings. The minimum Gasteiger partial charge on any atom is -0.363 e. The van der Waals surface area contributed by atoms with Crippen LogP contribution >= 0.6 is 0 Å². The van der Waals surface area contributed by atoms with Gasteiger partial charge in [0.2, 0.25) is 0 Å². The van der Waals surface area contributed by atoms with E-state index < -0.39 is 0 Å². The van der Waals surface area contributed by atoms with E-state index in [1.54, 1.807) is 19.1 Å². The summed E-state index contributed by atoms with van der Waals surface area (Å²) in [5.74, 6) is 1.63.